The summed E-state index contributed by atoms with van der Waals surface area (Å²) in [6, 6.07) is 9.96. The van der Waals surface area contributed by atoms with Crippen molar-refractivity contribution >= 4 is 33.9 Å². The molecule has 1 aliphatic heterocycles. The van der Waals surface area contributed by atoms with Gasteiger partial charge < -0.3 is 15.0 Å². The van der Waals surface area contributed by atoms with Crippen LogP contribution in [0.4, 0.5) is 11.4 Å². The van der Waals surface area contributed by atoms with Gasteiger partial charge in [-0.25, -0.2) is 0 Å². The number of nitrogens with one attached hydrogen (secondary N) is 1. The second kappa shape index (κ2) is 11.0. The molecular weight excluding hydrogens is 458 g/mol. The molecule has 0 atom stereocenters. The zero-order valence-electron chi connectivity index (χ0n) is 20.7. The van der Waals surface area contributed by atoms with Gasteiger partial charge in [0.25, 0.3) is 0 Å². The molecule has 2 heterocycles. The van der Waals surface area contributed by atoms with Crippen molar-refractivity contribution in [1.29, 1.82) is 5.26 Å². The fraction of sp³-hybridized carbons (Fsp3) is 0.357. The van der Waals surface area contributed by atoms with Crippen molar-refractivity contribution in [2.45, 2.75) is 20.3 Å². The van der Waals surface area contributed by atoms with Gasteiger partial charge in [-0.2, -0.15) is 5.26 Å². The molecule has 0 bridgehead atoms. The molecule has 1 aromatic heterocycles. The molecule has 1 aliphatic rings. The average Bonchev–Trinajstić information content (AvgIpc) is 2.85. The number of nitriles is 1. The minimum Gasteiger partial charge on any atom is -0.495 e. The lowest BCUT2D eigenvalue weighted by Crippen LogP contribution is -2.44. The number of hydrogen-bond acceptors (Lipinski definition) is 6. The Hall–Kier alpha value is -3.29. The summed E-state index contributed by atoms with van der Waals surface area (Å²) in [5.41, 5.74) is 5.56. The highest BCUT2D eigenvalue weighted by Crippen LogP contribution is 2.36. The zero-order valence-corrected chi connectivity index (χ0v) is 21.5. The number of ether oxygens (including phenoxy) is 1. The first-order valence-corrected chi connectivity index (χ1v) is 12.1. The molecule has 1 fully saturated rings. The minimum atomic E-state index is 0.430. The van der Waals surface area contributed by atoms with E-state index < -0.39 is 0 Å². The van der Waals surface area contributed by atoms with Crippen molar-refractivity contribution in [3.8, 4) is 23.7 Å². The number of halogens is 1. The van der Waals surface area contributed by atoms with E-state index in [2.05, 4.69) is 45.1 Å². The predicted molar refractivity (Wildman–Crippen MR) is 143 cm³/mol. The molecule has 0 saturated carbocycles. The topological polar surface area (TPSA) is 64.4 Å². The quantitative estimate of drug-likeness (QED) is 0.504. The number of nitrogens with zero attached hydrogens (tertiary/aromatic N) is 4. The summed E-state index contributed by atoms with van der Waals surface area (Å²) in [5.74, 6) is 7.21. The van der Waals surface area contributed by atoms with Crippen LogP contribution in [0.15, 0.2) is 30.5 Å². The number of fused-ring (bicyclic) bond motifs is 1. The van der Waals surface area contributed by atoms with Gasteiger partial charge in [0.15, 0.2) is 0 Å². The Balaban J connectivity index is 1.64. The number of hydrogen-bond donors (Lipinski definition) is 1. The standard InChI is InChI=1S/C28H30ClN5O/c1-19-13-24(29)26(14-20(19)2)32-28-22(17-30)18-31-25-15-21(27(35-4)16-23(25)28)7-5-6-8-34-11-9-33(3)10-12-34/h13-16,18H,6,8-12H2,1-4H3,(H,31,32). The Morgan fingerprint density at radius 1 is 1.09 bits per heavy atom. The molecule has 1 N–H and O–H groups in total. The largest absolute Gasteiger partial charge is 0.495 e. The molecule has 0 amide bonds. The first-order chi connectivity index (χ1) is 16.9. The highest BCUT2D eigenvalue weighted by Gasteiger charge is 2.15. The Labute approximate surface area is 212 Å². The third-order valence-electron chi connectivity index (χ3n) is 6.52. The molecule has 0 spiro atoms. The van der Waals surface area contributed by atoms with Crippen molar-refractivity contribution in [2.24, 2.45) is 0 Å². The lowest BCUT2D eigenvalue weighted by atomic mass is 10.0. The smallest absolute Gasteiger partial charge is 0.135 e. The number of pyridine rings is 1. The number of anilines is 2. The molecule has 180 valence electrons. The Bertz CT molecular complexity index is 1340. The fourth-order valence-electron chi connectivity index (χ4n) is 4.16. The van der Waals surface area contributed by atoms with E-state index in [4.69, 9.17) is 16.3 Å². The highest BCUT2D eigenvalue weighted by atomic mass is 35.5. The molecule has 0 radical (unpaired) electrons. The summed E-state index contributed by atoms with van der Waals surface area (Å²) >= 11 is 6.51. The zero-order chi connectivity index (χ0) is 24.9. The number of methoxy groups -OCH3 is 1. The summed E-state index contributed by atoms with van der Waals surface area (Å²) < 4.78 is 5.67. The van der Waals surface area contributed by atoms with Crippen LogP contribution >= 0.6 is 11.6 Å². The maximum atomic E-state index is 9.75. The minimum absolute atomic E-state index is 0.430. The van der Waals surface area contributed by atoms with E-state index in [1.807, 2.05) is 38.1 Å². The third kappa shape index (κ3) is 5.69. The molecule has 1 saturated heterocycles. The molecule has 6 nitrogen and oxygen atoms in total. The molecular formula is C28H30ClN5O. The molecule has 35 heavy (non-hydrogen) atoms. The van der Waals surface area contributed by atoms with E-state index in [0.717, 1.165) is 72.4 Å². The maximum absolute atomic E-state index is 9.75. The van der Waals surface area contributed by atoms with Crippen LogP contribution in [0.3, 0.4) is 0 Å². The van der Waals surface area contributed by atoms with Crippen LogP contribution in [0.2, 0.25) is 5.02 Å². The summed E-state index contributed by atoms with van der Waals surface area (Å²) in [6.07, 6.45) is 2.38. The van der Waals surface area contributed by atoms with Crippen LogP contribution in [0.1, 0.15) is 28.7 Å². The van der Waals surface area contributed by atoms with E-state index in [1.54, 1.807) is 13.3 Å². The van der Waals surface area contributed by atoms with E-state index in [-0.39, 0.29) is 0 Å². The highest BCUT2D eigenvalue weighted by molar-refractivity contribution is 6.33. The van der Waals surface area contributed by atoms with Crippen molar-refractivity contribution in [1.82, 2.24) is 14.8 Å². The summed E-state index contributed by atoms with van der Waals surface area (Å²) in [6.45, 7) is 9.39. The van der Waals surface area contributed by atoms with Gasteiger partial charge in [0.1, 0.15) is 11.8 Å². The maximum Gasteiger partial charge on any atom is 0.135 e. The van der Waals surface area contributed by atoms with Gasteiger partial charge in [0.05, 0.1) is 40.2 Å². The van der Waals surface area contributed by atoms with Crippen LogP contribution in [-0.2, 0) is 0 Å². The number of benzene rings is 2. The second-order valence-electron chi connectivity index (χ2n) is 8.97. The van der Waals surface area contributed by atoms with Gasteiger partial charge in [-0.05, 0) is 56.3 Å². The van der Waals surface area contributed by atoms with Crippen LogP contribution in [0.25, 0.3) is 10.9 Å². The van der Waals surface area contributed by atoms with Gasteiger partial charge in [0, 0.05) is 50.7 Å². The van der Waals surface area contributed by atoms with Crippen LogP contribution in [-0.4, -0.2) is 61.7 Å². The van der Waals surface area contributed by atoms with E-state index in [1.165, 1.54) is 0 Å². The van der Waals surface area contributed by atoms with E-state index in [0.29, 0.717) is 22.0 Å². The molecule has 4 rings (SSSR count). The first kappa shape index (κ1) is 24.8. The Morgan fingerprint density at radius 2 is 1.83 bits per heavy atom. The molecule has 7 heteroatoms. The number of likely N-dealkylation sites (N-methyl/N-ethyl adjacent to an activating group) is 1. The first-order valence-electron chi connectivity index (χ1n) is 11.7. The normalized spacial score (nSPS) is 14.3. The molecule has 3 aromatic rings. The lowest BCUT2D eigenvalue weighted by molar-refractivity contribution is 0.157. The Kier molecular flexibility index (Phi) is 7.78. The van der Waals surface area contributed by atoms with Gasteiger partial charge in [0.2, 0.25) is 0 Å². The molecule has 0 aliphatic carbocycles. The van der Waals surface area contributed by atoms with Gasteiger partial charge in [-0.15, -0.1) is 0 Å². The lowest BCUT2D eigenvalue weighted by Gasteiger charge is -2.31. The molecule has 2 aromatic carbocycles. The number of piperazine rings is 1. The average molecular weight is 488 g/mol. The van der Waals surface area contributed by atoms with Crippen molar-refractivity contribution in [3.63, 3.8) is 0 Å². The van der Waals surface area contributed by atoms with Crippen molar-refractivity contribution in [2.75, 3.05) is 52.2 Å². The SMILES string of the molecule is COc1cc2c(Nc3cc(C)c(C)cc3Cl)c(C#N)cnc2cc1C#CCCN1CCN(C)CC1. The third-order valence-corrected chi connectivity index (χ3v) is 6.84. The fourth-order valence-corrected chi connectivity index (χ4v) is 4.43. The van der Waals surface area contributed by atoms with Crippen molar-refractivity contribution in [3.05, 3.63) is 57.7 Å². The molecule has 0 unspecified atom stereocenters. The number of rotatable bonds is 5. The van der Waals surface area contributed by atoms with Crippen molar-refractivity contribution < 1.29 is 4.74 Å². The van der Waals surface area contributed by atoms with Gasteiger partial charge >= 0.3 is 0 Å². The summed E-state index contributed by atoms with van der Waals surface area (Å²) in [7, 11) is 3.79. The van der Waals surface area contributed by atoms with Crippen LogP contribution in [0.5, 0.6) is 5.75 Å². The van der Waals surface area contributed by atoms with Gasteiger partial charge in [-0.3, -0.25) is 9.88 Å². The Morgan fingerprint density at radius 3 is 2.54 bits per heavy atom. The van der Waals surface area contributed by atoms with E-state index in [9.17, 15) is 5.26 Å². The second-order valence-corrected chi connectivity index (χ2v) is 9.37. The monoisotopic (exact) mass is 487 g/mol. The van der Waals surface area contributed by atoms with Crippen LogP contribution in [0, 0.1) is 37.0 Å². The van der Waals surface area contributed by atoms with Crippen LogP contribution < -0.4 is 10.1 Å². The van der Waals surface area contributed by atoms with Gasteiger partial charge in [-0.1, -0.05) is 23.4 Å². The number of aryl methyl sites for hydroxylation is 2. The summed E-state index contributed by atoms with van der Waals surface area (Å²) in [4.78, 5) is 9.32. The summed E-state index contributed by atoms with van der Waals surface area (Å²) in [5, 5.41) is 14.5. The predicted octanol–water partition coefficient (Wildman–Crippen LogP) is 5.12. The van der Waals surface area contributed by atoms with E-state index >= 15 is 0 Å². The number of aromatic nitrogens is 1.